The molecule has 1 fully saturated rings. The number of benzene rings is 1. The molecule has 0 spiro atoms. The van der Waals surface area contributed by atoms with Crippen molar-refractivity contribution in [3.8, 4) is 0 Å². The summed E-state index contributed by atoms with van der Waals surface area (Å²) in [7, 11) is 0. The largest absolute Gasteiger partial charge is 0.480 e. The summed E-state index contributed by atoms with van der Waals surface area (Å²) in [6.45, 7) is 3.60. The normalized spacial score (nSPS) is 22.2. The third kappa shape index (κ3) is 3.04. The molecule has 6 heteroatoms. The van der Waals surface area contributed by atoms with Crippen LogP contribution in [0.25, 0.3) is 0 Å². The Morgan fingerprint density at radius 2 is 1.95 bits per heavy atom. The van der Waals surface area contributed by atoms with Gasteiger partial charge in [0.2, 0.25) is 0 Å². The fraction of sp³-hybridized carbons (Fsp3) is 0.467. The summed E-state index contributed by atoms with van der Waals surface area (Å²) in [5.41, 5.74) is -0.133. The molecular weight excluding hydrogens is 280 g/mol. The third-order valence-electron chi connectivity index (χ3n) is 3.89. The van der Waals surface area contributed by atoms with E-state index in [-0.39, 0.29) is 23.6 Å². The molecule has 2 atom stereocenters. The highest BCUT2D eigenvalue weighted by Crippen LogP contribution is 2.26. The van der Waals surface area contributed by atoms with E-state index >= 15 is 0 Å². The lowest BCUT2D eigenvalue weighted by molar-refractivity contribution is -0.144. The quantitative estimate of drug-likeness (QED) is 0.913. The highest BCUT2D eigenvalue weighted by Gasteiger charge is 2.36. The molecule has 0 radical (unpaired) electrons. The first-order valence-electron chi connectivity index (χ1n) is 6.80. The minimum Gasteiger partial charge on any atom is -0.480 e. The van der Waals surface area contributed by atoms with Crippen LogP contribution in [0.3, 0.4) is 0 Å². The van der Waals surface area contributed by atoms with Gasteiger partial charge in [-0.05, 0) is 37.3 Å². The van der Waals surface area contributed by atoms with E-state index < -0.39 is 29.6 Å². The first-order valence-corrected chi connectivity index (χ1v) is 6.80. The van der Waals surface area contributed by atoms with Crippen LogP contribution in [0, 0.1) is 24.5 Å². The number of hydrogen-bond donors (Lipinski definition) is 1. The number of carbonyl (C=O) groups excluding carboxylic acids is 1. The van der Waals surface area contributed by atoms with E-state index in [0.717, 1.165) is 11.0 Å². The number of rotatable bonds is 2. The van der Waals surface area contributed by atoms with Crippen molar-refractivity contribution in [2.75, 3.05) is 6.54 Å². The second-order valence-corrected chi connectivity index (χ2v) is 5.56. The number of amides is 1. The SMILES string of the molecule is Cc1cc(C(=O)N2CCC(C)CC2C(=O)O)c(F)cc1F. The monoisotopic (exact) mass is 297 g/mol. The molecule has 21 heavy (non-hydrogen) atoms. The van der Waals surface area contributed by atoms with Crippen molar-refractivity contribution in [3.05, 3.63) is 34.9 Å². The molecule has 1 heterocycles. The average Bonchev–Trinajstić information content (AvgIpc) is 2.42. The molecule has 2 rings (SSSR count). The molecule has 4 nitrogen and oxygen atoms in total. The van der Waals surface area contributed by atoms with Crippen LogP contribution in [0.15, 0.2) is 12.1 Å². The Hall–Kier alpha value is -1.98. The highest BCUT2D eigenvalue weighted by atomic mass is 19.1. The molecule has 1 aliphatic rings. The summed E-state index contributed by atoms with van der Waals surface area (Å²) < 4.78 is 27.1. The number of nitrogens with zero attached hydrogens (tertiary/aromatic N) is 1. The topological polar surface area (TPSA) is 57.6 Å². The molecule has 1 amide bonds. The van der Waals surface area contributed by atoms with Crippen molar-refractivity contribution in [2.45, 2.75) is 32.7 Å². The number of halogens is 2. The van der Waals surface area contributed by atoms with Crippen LogP contribution in [0.4, 0.5) is 8.78 Å². The minimum absolute atomic E-state index is 0.150. The molecule has 0 aliphatic carbocycles. The van der Waals surface area contributed by atoms with E-state index in [1.807, 2.05) is 6.92 Å². The van der Waals surface area contributed by atoms with Crippen LogP contribution in [0.1, 0.15) is 35.7 Å². The van der Waals surface area contributed by atoms with Crippen molar-refractivity contribution in [2.24, 2.45) is 5.92 Å². The van der Waals surface area contributed by atoms with E-state index in [9.17, 15) is 23.5 Å². The first-order chi connectivity index (χ1) is 9.81. The molecule has 114 valence electrons. The second kappa shape index (κ2) is 5.79. The summed E-state index contributed by atoms with van der Waals surface area (Å²) in [5, 5.41) is 9.24. The van der Waals surface area contributed by atoms with Gasteiger partial charge in [-0.3, -0.25) is 4.79 Å². The number of hydrogen-bond acceptors (Lipinski definition) is 2. The Morgan fingerprint density at radius 1 is 1.29 bits per heavy atom. The zero-order valence-electron chi connectivity index (χ0n) is 11.9. The van der Waals surface area contributed by atoms with Gasteiger partial charge in [0.25, 0.3) is 5.91 Å². The van der Waals surface area contributed by atoms with Crippen molar-refractivity contribution in [1.29, 1.82) is 0 Å². The van der Waals surface area contributed by atoms with E-state index in [1.165, 1.54) is 6.92 Å². The number of carboxylic acids is 1. The maximum absolute atomic E-state index is 13.8. The predicted molar refractivity (Wildman–Crippen MR) is 72.0 cm³/mol. The van der Waals surface area contributed by atoms with Crippen LogP contribution < -0.4 is 0 Å². The third-order valence-corrected chi connectivity index (χ3v) is 3.89. The fourth-order valence-electron chi connectivity index (χ4n) is 2.59. The van der Waals surface area contributed by atoms with E-state index in [1.54, 1.807) is 0 Å². The smallest absolute Gasteiger partial charge is 0.326 e. The molecule has 2 unspecified atom stereocenters. The number of piperidine rings is 1. The summed E-state index contributed by atoms with van der Waals surface area (Å²) in [4.78, 5) is 24.9. The molecule has 1 aliphatic heterocycles. The molecule has 0 bridgehead atoms. The van der Waals surface area contributed by atoms with Gasteiger partial charge in [0.05, 0.1) is 5.56 Å². The Bertz CT molecular complexity index is 589. The van der Waals surface area contributed by atoms with E-state index in [2.05, 4.69) is 0 Å². The standard InChI is InChI=1S/C15H17F2NO3/c1-8-3-4-18(13(5-8)15(20)21)14(19)10-6-9(2)11(16)7-12(10)17/h6-8,13H,3-5H2,1-2H3,(H,20,21). The van der Waals surface area contributed by atoms with Crippen molar-refractivity contribution in [1.82, 2.24) is 4.90 Å². The van der Waals surface area contributed by atoms with E-state index in [4.69, 9.17) is 0 Å². The van der Waals surface area contributed by atoms with Crippen molar-refractivity contribution in [3.63, 3.8) is 0 Å². The van der Waals surface area contributed by atoms with Gasteiger partial charge < -0.3 is 10.0 Å². The molecule has 1 aromatic carbocycles. The van der Waals surface area contributed by atoms with Gasteiger partial charge in [0, 0.05) is 12.6 Å². The summed E-state index contributed by atoms with van der Waals surface area (Å²) in [6.07, 6.45) is 1.00. The molecule has 0 saturated carbocycles. The molecule has 1 N–H and O–H groups in total. The van der Waals surface area contributed by atoms with Gasteiger partial charge in [-0.15, -0.1) is 0 Å². The van der Waals surface area contributed by atoms with Gasteiger partial charge >= 0.3 is 5.97 Å². The van der Waals surface area contributed by atoms with Gasteiger partial charge in [-0.1, -0.05) is 6.92 Å². The maximum Gasteiger partial charge on any atom is 0.326 e. The first kappa shape index (κ1) is 15.4. The van der Waals surface area contributed by atoms with E-state index in [0.29, 0.717) is 18.9 Å². The van der Waals surface area contributed by atoms with Crippen LogP contribution >= 0.6 is 0 Å². The lowest BCUT2D eigenvalue weighted by Crippen LogP contribution is -2.50. The van der Waals surface area contributed by atoms with Crippen LogP contribution in [-0.2, 0) is 4.79 Å². The number of carboxylic acid groups (broad SMARTS) is 1. The van der Waals surface area contributed by atoms with Gasteiger partial charge in [-0.2, -0.15) is 0 Å². The zero-order valence-corrected chi connectivity index (χ0v) is 11.9. The summed E-state index contributed by atoms with van der Waals surface area (Å²) in [5.74, 6) is -3.31. The van der Waals surface area contributed by atoms with Crippen molar-refractivity contribution < 1.29 is 23.5 Å². The molecule has 1 saturated heterocycles. The number of likely N-dealkylation sites (tertiary alicyclic amines) is 1. The summed E-state index contributed by atoms with van der Waals surface area (Å²) in [6, 6.07) is 0.820. The average molecular weight is 297 g/mol. The predicted octanol–water partition coefficient (Wildman–Crippen LogP) is 2.60. The Labute approximate surface area is 121 Å². The number of aliphatic carboxylic acids is 1. The van der Waals surface area contributed by atoms with Crippen LogP contribution in [0.5, 0.6) is 0 Å². The lowest BCUT2D eigenvalue weighted by atomic mass is 9.91. The van der Waals surface area contributed by atoms with Gasteiger partial charge in [-0.25, -0.2) is 13.6 Å². The van der Waals surface area contributed by atoms with Gasteiger partial charge in [0.1, 0.15) is 17.7 Å². The van der Waals surface area contributed by atoms with Crippen LogP contribution in [-0.4, -0.2) is 34.5 Å². The van der Waals surface area contributed by atoms with Gasteiger partial charge in [0.15, 0.2) is 0 Å². The highest BCUT2D eigenvalue weighted by molar-refractivity contribution is 5.97. The zero-order chi connectivity index (χ0) is 15.7. The second-order valence-electron chi connectivity index (χ2n) is 5.56. The fourth-order valence-corrected chi connectivity index (χ4v) is 2.59. The number of aryl methyl sites for hydroxylation is 1. The minimum atomic E-state index is -1.10. The molecule has 0 aromatic heterocycles. The van der Waals surface area contributed by atoms with Crippen molar-refractivity contribution >= 4 is 11.9 Å². The maximum atomic E-state index is 13.8. The lowest BCUT2D eigenvalue weighted by Gasteiger charge is -2.36. The van der Waals surface area contributed by atoms with Crippen LogP contribution in [0.2, 0.25) is 0 Å². The Balaban J connectivity index is 2.34. The molecular formula is C15H17F2NO3. The molecule has 1 aromatic rings. The Morgan fingerprint density at radius 3 is 2.57 bits per heavy atom. The number of carbonyl (C=O) groups is 2. The Kier molecular flexibility index (Phi) is 4.25. The summed E-state index contributed by atoms with van der Waals surface area (Å²) >= 11 is 0.